The maximum absolute atomic E-state index is 4.82. The highest BCUT2D eigenvalue weighted by molar-refractivity contribution is 5.89. The number of nitrogens with zero attached hydrogens (tertiary/aromatic N) is 6. The number of para-hydroxylation sites is 2. The number of aliphatic imine (C=N–C) groups is 2. The molecule has 5 rings (SSSR count). The van der Waals surface area contributed by atoms with Crippen molar-refractivity contribution < 1.29 is 0 Å². The van der Waals surface area contributed by atoms with Gasteiger partial charge in [-0.2, -0.15) is 10.2 Å². The fourth-order valence-corrected chi connectivity index (χ4v) is 4.51. The third kappa shape index (κ3) is 4.98. The van der Waals surface area contributed by atoms with Gasteiger partial charge in [-0.25, -0.2) is 9.36 Å². The number of benzene rings is 3. The zero-order valence-corrected chi connectivity index (χ0v) is 22.8. The Morgan fingerprint density at radius 1 is 0.526 bits per heavy atom. The van der Waals surface area contributed by atoms with E-state index in [-0.39, 0.29) is 0 Å². The van der Waals surface area contributed by atoms with E-state index in [1.54, 1.807) is 0 Å². The van der Waals surface area contributed by atoms with Crippen LogP contribution in [-0.2, 0) is 0 Å². The third-order valence-corrected chi connectivity index (χ3v) is 6.80. The zero-order chi connectivity index (χ0) is 26.8. The van der Waals surface area contributed by atoms with Crippen LogP contribution < -0.4 is 0 Å². The summed E-state index contributed by atoms with van der Waals surface area (Å²) in [4.78, 5) is 9.65. The maximum atomic E-state index is 4.82. The summed E-state index contributed by atoms with van der Waals surface area (Å²) in [5.41, 5.74) is 12.1. The van der Waals surface area contributed by atoms with E-state index in [0.29, 0.717) is 0 Å². The van der Waals surface area contributed by atoms with Gasteiger partial charge in [0.15, 0.2) is 0 Å². The number of aromatic nitrogens is 4. The smallest absolute Gasteiger partial charge is 0.0886 e. The normalized spacial score (nSPS) is 11.7. The second kappa shape index (κ2) is 10.4. The molecule has 0 spiro atoms. The first kappa shape index (κ1) is 25.1. The van der Waals surface area contributed by atoms with Crippen molar-refractivity contribution in [3.63, 3.8) is 0 Å². The van der Waals surface area contributed by atoms with Crippen LogP contribution in [0.25, 0.3) is 11.4 Å². The molecule has 0 fully saturated rings. The summed E-state index contributed by atoms with van der Waals surface area (Å²) < 4.78 is 3.94. The van der Waals surface area contributed by atoms with Crippen LogP contribution in [0.4, 0.5) is 11.4 Å². The first-order chi connectivity index (χ1) is 18.3. The Morgan fingerprint density at radius 3 is 1.26 bits per heavy atom. The molecule has 6 heteroatoms. The summed E-state index contributed by atoms with van der Waals surface area (Å²) in [6.45, 7) is 12.3. The van der Waals surface area contributed by atoms with Gasteiger partial charge in [0.2, 0.25) is 0 Å². The molecule has 0 saturated carbocycles. The molecule has 5 aromatic rings. The number of hydrogen-bond donors (Lipinski definition) is 0. The fraction of sp³-hybridized carbons (Fsp3) is 0.188. The average molecular weight is 501 g/mol. The minimum atomic E-state index is 0.798. The highest BCUT2D eigenvalue weighted by atomic mass is 15.3. The highest BCUT2D eigenvalue weighted by Crippen LogP contribution is 2.28. The molecule has 0 aliphatic rings. The average Bonchev–Trinajstić information content (AvgIpc) is 3.36. The van der Waals surface area contributed by atoms with Crippen LogP contribution in [0.2, 0.25) is 0 Å². The first-order valence-electron chi connectivity index (χ1n) is 12.8. The zero-order valence-electron chi connectivity index (χ0n) is 22.8. The van der Waals surface area contributed by atoms with E-state index < -0.39 is 0 Å². The van der Waals surface area contributed by atoms with Crippen molar-refractivity contribution in [1.29, 1.82) is 0 Å². The van der Waals surface area contributed by atoms with Crippen molar-refractivity contribution in [2.75, 3.05) is 0 Å². The van der Waals surface area contributed by atoms with Gasteiger partial charge in [-0.15, -0.1) is 0 Å². The van der Waals surface area contributed by atoms with E-state index in [1.807, 2.05) is 59.9 Å². The van der Waals surface area contributed by atoms with Crippen LogP contribution in [0.1, 0.15) is 45.0 Å². The molecule has 2 heterocycles. The number of aryl methyl sites for hydroxylation is 4. The van der Waals surface area contributed by atoms with Gasteiger partial charge in [0, 0.05) is 23.6 Å². The van der Waals surface area contributed by atoms with Crippen LogP contribution >= 0.6 is 0 Å². The van der Waals surface area contributed by atoms with Crippen LogP contribution in [0.3, 0.4) is 0 Å². The molecular weight excluding hydrogens is 468 g/mol. The second-order valence-corrected chi connectivity index (χ2v) is 9.67. The van der Waals surface area contributed by atoms with Crippen molar-refractivity contribution in [2.24, 2.45) is 9.98 Å². The van der Waals surface area contributed by atoms with Crippen molar-refractivity contribution in [3.8, 4) is 11.4 Å². The topological polar surface area (TPSA) is 60.4 Å². The Labute approximate surface area is 224 Å². The van der Waals surface area contributed by atoms with Gasteiger partial charge < -0.3 is 0 Å². The summed E-state index contributed by atoms with van der Waals surface area (Å²) >= 11 is 0. The predicted molar refractivity (Wildman–Crippen MR) is 156 cm³/mol. The Morgan fingerprint density at radius 2 is 0.895 bits per heavy atom. The first-order valence-corrected chi connectivity index (χ1v) is 12.8. The number of hydrogen-bond acceptors (Lipinski definition) is 4. The van der Waals surface area contributed by atoms with E-state index in [9.17, 15) is 0 Å². The molecule has 3 aromatic carbocycles. The lowest BCUT2D eigenvalue weighted by Crippen LogP contribution is -1.99. The maximum Gasteiger partial charge on any atom is 0.0886 e. The Kier molecular flexibility index (Phi) is 6.88. The molecule has 0 radical (unpaired) electrons. The lowest BCUT2D eigenvalue weighted by molar-refractivity contribution is 0.833. The molecular formula is C32H32N6. The quantitative estimate of drug-likeness (QED) is 0.228. The van der Waals surface area contributed by atoms with Gasteiger partial charge in [-0.1, -0.05) is 47.5 Å². The largest absolute Gasteiger partial charge is 0.254 e. The van der Waals surface area contributed by atoms with E-state index in [4.69, 9.17) is 20.2 Å². The molecule has 0 N–H and O–H groups in total. The van der Waals surface area contributed by atoms with E-state index >= 15 is 0 Å². The molecule has 6 nitrogen and oxygen atoms in total. The van der Waals surface area contributed by atoms with E-state index in [1.165, 1.54) is 11.1 Å². The number of rotatable bonds is 6. The van der Waals surface area contributed by atoms with Crippen LogP contribution in [0.5, 0.6) is 0 Å². The van der Waals surface area contributed by atoms with Gasteiger partial charge in [-0.3, -0.25) is 9.98 Å². The highest BCUT2D eigenvalue weighted by Gasteiger charge is 2.13. The third-order valence-electron chi connectivity index (χ3n) is 6.80. The van der Waals surface area contributed by atoms with Crippen molar-refractivity contribution in [1.82, 2.24) is 19.6 Å². The van der Waals surface area contributed by atoms with Crippen molar-refractivity contribution >= 4 is 23.8 Å². The summed E-state index contributed by atoms with van der Waals surface area (Å²) in [6, 6.07) is 24.7. The van der Waals surface area contributed by atoms with Crippen molar-refractivity contribution in [3.05, 3.63) is 118 Å². The van der Waals surface area contributed by atoms with Gasteiger partial charge in [0.05, 0.1) is 45.5 Å². The molecule has 0 aliphatic heterocycles. The molecule has 0 aliphatic carbocycles. The summed E-state index contributed by atoms with van der Waals surface area (Å²) in [5, 5.41) is 9.52. The van der Waals surface area contributed by atoms with Gasteiger partial charge in [0.1, 0.15) is 0 Å². The van der Waals surface area contributed by atoms with Crippen molar-refractivity contribution in [2.45, 2.75) is 41.5 Å². The monoisotopic (exact) mass is 500 g/mol. The Hall–Kier alpha value is -4.58. The molecule has 0 unspecified atom stereocenters. The SMILES string of the molecule is Cc1ccc(-n2nc(C)c(C=Nc3ccccc3N=Cc3c(C)nn(-c4ccc(C)cc4)c3C)c2C)cc1. The molecule has 0 atom stereocenters. The molecule has 0 bridgehead atoms. The minimum Gasteiger partial charge on any atom is -0.254 e. The standard InChI is InChI=1S/C32H32N6/c1-21-11-15-27(16-12-21)37-25(5)29(23(3)35-37)19-33-31-9-7-8-10-32(31)34-20-30-24(4)36-38(26(30)6)28-17-13-22(2)14-18-28/h7-20H,1-6H3. The summed E-state index contributed by atoms with van der Waals surface area (Å²) in [6.07, 6.45) is 3.78. The van der Waals surface area contributed by atoms with Gasteiger partial charge in [0.25, 0.3) is 0 Å². The molecule has 0 saturated heterocycles. The molecule has 190 valence electrons. The molecule has 2 aromatic heterocycles. The predicted octanol–water partition coefficient (Wildman–Crippen LogP) is 7.41. The lowest BCUT2D eigenvalue weighted by Gasteiger charge is -2.05. The van der Waals surface area contributed by atoms with Gasteiger partial charge >= 0.3 is 0 Å². The van der Waals surface area contributed by atoms with Crippen LogP contribution in [0.15, 0.2) is 82.8 Å². The van der Waals surface area contributed by atoms with Gasteiger partial charge in [-0.05, 0) is 77.9 Å². The molecule has 0 amide bonds. The van der Waals surface area contributed by atoms with Crippen LogP contribution in [-0.4, -0.2) is 32.0 Å². The molecule has 38 heavy (non-hydrogen) atoms. The summed E-state index contributed by atoms with van der Waals surface area (Å²) in [7, 11) is 0. The van der Waals surface area contributed by atoms with Crippen LogP contribution in [0, 0.1) is 41.5 Å². The Bertz CT molecular complexity index is 1520. The second-order valence-electron chi connectivity index (χ2n) is 9.67. The lowest BCUT2D eigenvalue weighted by atomic mass is 10.2. The van der Waals surface area contributed by atoms with E-state index in [0.717, 1.165) is 56.7 Å². The minimum absolute atomic E-state index is 0.798. The van der Waals surface area contributed by atoms with E-state index in [2.05, 4.69) is 76.2 Å². The fourth-order valence-electron chi connectivity index (χ4n) is 4.51. The summed E-state index contributed by atoms with van der Waals surface area (Å²) in [5.74, 6) is 0. The Balaban J connectivity index is 1.43.